The second-order valence-corrected chi connectivity index (χ2v) is 4.60. The molecule has 1 fully saturated rings. The summed E-state index contributed by atoms with van der Waals surface area (Å²) >= 11 is 3.70. The maximum atomic E-state index is 10.2. The highest BCUT2D eigenvalue weighted by molar-refractivity contribution is 8.16. The number of thioether (sulfide) groups is 2. The largest absolute Gasteiger partial charge is 0.481 e. The highest BCUT2D eigenvalue weighted by Gasteiger charge is 2.11. The van der Waals surface area contributed by atoms with Gasteiger partial charge in [-0.2, -0.15) is 0 Å². The predicted molar refractivity (Wildman–Crippen MR) is 48.7 cm³/mol. The number of hydrogen-bond donors (Lipinski definition) is 1. The topological polar surface area (TPSA) is 40.5 Å². The highest BCUT2D eigenvalue weighted by atomic mass is 32.2. The van der Waals surface area contributed by atoms with E-state index in [0.717, 1.165) is 16.8 Å². The van der Waals surface area contributed by atoms with Crippen molar-refractivity contribution in [3.8, 4) is 0 Å². The summed E-state index contributed by atoms with van der Waals surface area (Å²) in [6.07, 6.45) is 0.265. The van der Waals surface area contributed by atoms with E-state index in [9.17, 15) is 4.79 Å². The molecule has 0 amide bonds. The molecular weight excluding hydrogens is 182 g/mol. The highest BCUT2D eigenvalue weighted by Crippen LogP contribution is 2.21. The first kappa shape index (κ1) is 9.22. The van der Waals surface area contributed by atoms with Crippen LogP contribution in [0.15, 0.2) is 0 Å². The minimum atomic E-state index is -0.703. The van der Waals surface area contributed by atoms with E-state index >= 15 is 0 Å². The smallest absolute Gasteiger partial charge is 0.304 e. The number of rotatable bonds is 3. The maximum absolute atomic E-state index is 10.2. The van der Waals surface area contributed by atoms with E-state index in [0.29, 0.717) is 6.54 Å². The number of carboxylic acids is 1. The molecule has 1 aliphatic rings. The standard InChI is InChI=1S/C6H11NO2S2/c8-6(9)1-2-7-3-10-5-11-4-7/h1-5H2,(H,8,9). The number of hydrogen-bond acceptors (Lipinski definition) is 4. The number of carboxylic acid groups (broad SMARTS) is 1. The lowest BCUT2D eigenvalue weighted by Crippen LogP contribution is -2.28. The van der Waals surface area contributed by atoms with E-state index in [1.165, 1.54) is 0 Å². The number of aliphatic carboxylic acids is 1. The quantitative estimate of drug-likeness (QED) is 0.727. The van der Waals surface area contributed by atoms with Crippen LogP contribution in [-0.4, -0.2) is 39.4 Å². The molecule has 1 N–H and O–H groups in total. The molecule has 3 nitrogen and oxygen atoms in total. The van der Waals surface area contributed by atoms with Gasteiger partial charge >= 0.3 is 5.97 Å². The molecule has 0 aromatic rings. The van der Waals surface area contributed by atoms with Crippen LogP contribution < -0.4 is 0 Å². The minimum Gasteiger partial charge on any atom is -0.481 e. The first-order chi connectivity index (χ1) is 5.29. The number of nitrogens with zero attached hydrogens (tertiary/aromatic N) is 1. The van der Waals surface area contributed by atoms with Crippen molar-refractivity contribution in [2.45, 2.75) is 6.42 Å². The van der Waals surface area contributed by atoms with Gasteiger partial charge < -0.3 is 5.11 Å². The first-order valence-electron chi connectivity index (χ1n) is 3.38. The van der Waals surface area contributed by atoms with Gasteiger partial charge in [0.15, 0.2) is 0 Å². The average molecular weight is 193 g/mol. The summed E-state index contributed by atoms with van der Waals surface area (Å²) in [5, 5.41) is 9.55. The van der Waals surface area contributed by atoms with Crippen LogP contribution in [0.2, 0.25) is 0 Å². The van der Waals surface area contributed by atoms with Gasteiger partial charge in [0, 0.05) is 23.4 Å². The maximum Gasteiger partial charge on any atom is 0.304 e. The summed E-state index contributed by atoms with van der Waals surface area (Å²) < 4.78 is 0. The molecule has 0 radical (unpaired) electrons. The van der Waals surface area contributed by atoms with Gasteiger partial charge in [-0.15, -0.1) is 23.5 Å². The molecule has 0 unspecified atom stereocenters. The fraction of sp³-hybridized carbons (Fsp3) is 0.833. The van der Waals surface area contributed by atoms with Gasteiger partial charge in [-0.25, -0.2) is 0 Å². The molecule has 1 heterocycles. The summed E-state index contributed by atoms with van der Waals surface area (Å²) in [5.74, 6) is 1.27. The van der Waals surface area contributed by atoms with Crippen molar-refractivity contribution in [3.05, 3.63) is 0 Å². The summed E-state index contributed by atoms with van der Waals surface area (Å²) in [7, 11) is 0. The zero-order chi connectivity index (χ0) is 8.10. The Morgan fingerprint density at radius 2 is 2.09 bits per heavy atom. The molecule has 0 spiro atoms. The van der Waals surface area contributed by atoms with Crippen molar-refractivity contribution >= 4 is 29.5 Å². The Morgan fingerprint density at radius 1 is 1.45 bits per heavy atom. The van der Waals surface area contributed by atoms with Crippen LogP contribution in [-0.2, 0) is 4.79 Å². The lowest BCUT2D eigenvalue weighted by Gasteiger charge is -2.24. The Bertz CT molecular complexity index is 137. The Kier molecular flexibility index (Phi) is 4.11. The summed E-state index contributed by atoms with van der Waals surface area (Å²) in [6, 6.07) is 0. The Morgan fingerprint density at radius 3 is 2.64 bits per heavy atom. The number of carbonyl (C=O) groups is 1. The predicted octanol–water partition coefficient (Wildman–Crippen LogP) is 1.12. The molecule has 0 aromatic heterocycles. The van der Waals surface area contributed by atoms with Crippen LogP contribution in [0.4, 0.5) is 0 Å². The third-order valence-electron chi connectivity index (χ3n) is 1.36. The fourth-order valence-corrected chi connectivity index (χ4v) is 2.95. The van der Waals surface area contributed by atoms with Crippen molar-refractivity contribution in [1.82, 2.24) is 4.90 Å². The van der Waals surface area contributed by atoms with E-state index < -0.39 is 5.97 Å². The Hall–Kier alpha value is 0.130. The van der Waals surface area contributed by atoms with E-state index in [4.69, 9.17) is 5.11 Å². The van der Waals surface area contributed by atoms with Crippen molar-refractivity contribution in [3.63, 3.8) is 0 Å². The Balaban J connectivity index is 2.09. The normalized spacial score (nSPS) is 20.0. The average Bonchev–Trinajstić information content (AvgIpc) is 2.03. The molecule has 0 atom stereocenters. The van der Waals surface area contributed by atoms with Crippen LogP contribution in [0.25, 0.3) is 0 Å². The van der Waals surface area contributed by atoms with Crippen LogP contribution in [0.3, 0.4) is 0 Å². The molecule has 0 saturated carbocycles. The second kappa shape index (κ2) is 4.90. The Labute approximate surface area is 74.5 Å². The third-order valence-corrected chi connectivity index (χ3v) is 3.79. The van der Waals surface area contributed by atoms with Gasteiger partial charge in [-0.1, -0.05) is 0 Å². The minimum absolute atomic E-state index is 0.265. The first-order valence-corrected chi connectivity index (χ1v) is 5.69. The van der Waals surface area contributed by atoms with Gasteiger partial charge in [-0.3, -0.25) is 9.69 Å². The zero-order valence-corrected chi connectivity index (χ0v) is 7.79. The van der Waals surface area contributed by atoms with E-state index in [2.05, 4.69) is 4.90 Å². The lowest BCUT2D eigenvalue weighted by atomic mass is 10.4. The van der Waals surface area contributed by atoms with Crippen LogP contribution in [0, 0.1) is 0 Å². The molecular formula is C6H11NO2S2. The molecule has 11 heavy (non-hydrogen) atoms. The second-order valence-electron chi connectivity index (χ2n) is 2.32. The van der Waals surface area contributed by atoms with Gasteiger partial charge in [0.2, 0.25) is 0 Å². The molecule has 1 saturated heterocycles. The summed E-state index contributed by atoms with van der Waals surface area (Å²) in [5.41, 5.74) is 0. The molecule has 0 aromatic carbocycles. The van der Waals surface area contributed by atoms with E-state index in [1.807, 2.05) is 23.5 Å². The monoisotopic (exact) mass is 193 g/mol. The van der Waals surface area contributed by atoms with Gasteiger partial charge in [0.1, 0.15) is 0 Å². The SMILES string of the molecule is O=C(O)CCN1CSCSC1. The van der Waals surface area contributed by atoms with E-state index in [1.54, 1.807) is 0 Å². The van der Waals surface area contributed by atoms with Gasteiger partial charge in [-0.05, 0) is 0 Å². The van der Waals surface area contributed by atoms with Gasteiger partial charge in [0.25, 0.3) is 0 Å². The molecule has 5 heteroatoms. The van der Waals surface area contributed by atoms with Crippen LogP contribution >= 0.6 is 23.5 Å². The lowest BCUT2D eigenvalue weighted by molar-refractivity contribution is -0.137. The fourth-order valence-electron chi connectivity index (χ4n) is 0.812. The molecule has 1 rings (SSSR count). The van der Waals surface area contributed by atoms with Crippen LogP contribution in [0.1, 0.15) is 6.42 Å². The molecule has 0 bridgehead atoms. The molecule has 1 aliphatic heterocycles. The van der Waals surface area contributed by atoms with Crippen molar-refractivity contribution in [2.75, 3.05) is 23.4 Å². The van der Waals surface area contributed by atoms with E-state index in [-0.39, 0.29) is 6.42 Å². The van der Waals surface area contributed by atoms with Crippen molar-refractivity contribution in [1.29, 1.82) is 0 Å². The van der Waals surface area contributed by atoms with Gasteiger partial charge in [0.05, 0.1) is 6.42 Å². The summed E-state index contributed by atoms with van der Waals surface area (Å²) in [4.78, 5) is 12.4. The zero-order valence-electron chi connectivity index (χ0n) is 6.15. The van der Waals surface area contributed by atoms with Crippen LogP contribution in [0.5, 0.6) is 0 Å². The third kappa shape index (κ3) is 3.88. The summed E-state index contributed by atoms with van der Waals surface area (Å²) in [6.45, 7) is 0.690. The molecule has 64 valence electrons. The van der Waals surface area contributed by atoms with Crippen molar-refractivity contribution < 1.29 is 9.90 Å². The van der Waals surface area contributed by atoms with Crippen molar-refractivity contribution in [2.24, 2.45) is 0 Å². The molecule has 0 aliphatic carbocycles.